The summed E-state index contributed by atoms with van der Waals surface area (Å²) in [4.78, 5) is 134. The van der Waals surface area contributed by atoms with Gasteiger partial charge in [-0.05, 0) is 96.6 Å². The first-order valence-electron chi connectivity index (χ1n) is 21.3. The van der Waals surface area contributed by atoms with Crippen LogP contribution in [0.15, 0.2) is 0 Å². The van der Waals surface area contributed by atoms with Gasteiger partial charge in [0.25, 0.3) is 0 Å². The molecule has 4 rings (SSSR count). The Hall–Kier alpha value is -5.03. The fourth-order valence-electron chi connectivity index (χ4n) is 8.27. The van der Waals surface area contributed by atoms with Gasteiger partial charge in [-0.3, -0.25) is 43.2 Å². The molecule has 62 heavy (non-hydrogen) atoms. The number of aliphatic carboxylic acids is 1. The molecule has 0 saturated carbocycles. The number of nitrogens with zero attached hydrogens (tertiary/aromatic N) is 3. The summed E-state index contributed by atoms with van der Waals surface area (Å²) >= 11 is 1.43. The molecule has 9 atom stereocenters. The number of nitrogens with two attached hydrogens (primary N) is 1. The van der Waals surface area contributed by atoms with Crippen molar-refractivity contribution in [3.05, 3.63) is 0 Å². The molecule has 0 spiro atoms. The number of aliphatic hydroxyl groups excluding tert-OH is 1. The topological polar surface area (TPSA) is 319 Å². The third kappa shape index (κ3) is 13.2. The van der Waals surface area contributed by atoms with Crippen LogP contribution in [0, 0.1) is 0 Å². The van der Waals surface area contributed by atoms with E-state index in [4.69, 9.17) is 5.73 Å². The maximum Gasteiger partial charge on any atom is 0.326 e. The normalized spacial score (nSPS) is 23.4. The third-order valence-corrected chi connectivity index (χ3v) is 12.3. The van der Waals surface area contributed by atoms with Crippen molar-refractivity contribution in [1.82, 2.24) is 46.6 Å². The smallest absolute Gasteiger partial charge is 0.326 e. The Kier molecular flexibility index (Phi) is 18.7. The van der Waals surface area contributed by atoms with E-state index in [2.05, 4.69) is 31.9 Å². The molecule has 0 aromatic carbocycles. The summed E-state index contributed by atoms with van der Waals surface area (Å²) in [7, 11) is 0. The number of primary amides is 1. The Morgan fingerprint density at radius 3 is 1.94 bits per heavy atom. The second-order valence-electron chi connectivity index (χ2n) is 16.2. The highest BCUT2D eigenvalue weighted by atomic mass is 32.2. The molecular weight excluding hydrogens is 833 g/mol. The highest BCUT2D eigenvalue weighted by Crippen LogP contribution is 2.26. The van der Waals surface area contributed by atoms with E-state index < -0.39 is 114 Å². The predicted octanol–water partition coefficient (Wildman–Crippen LogP) is -3.73. The Morgan fingerprint density at radius 2 is 1.34 bits per heavy atom. The van der Waals surface area contributed by atoms with Crippen LogP contribution < -0.4 is 37.6 Å². The van der Waals surface area contributed by atoms with Crippen molar-refractivity contribution in [3.63, 3.8) is 0 Å². The average Bonchev–Trinajstić information content (AvgIpc) is 4.08. The van der Waals surface area contributed by atoms with Crippen LogP contribution in [0.5, 0.6) is 0 Å². The summed E-state index contributed by atoms with van der Waals surface area (Å²) in [5.74, 6) is -6.70. The number of thioether (sulfide) groups is 1. The maximum absolute atomic E-state index is 13.8. The van der Waals surface area contributed by atoms with Crippen molar-refractivity contribution in [3.8, 4) is 0 Å². The van der Waals surface area contributed by atoms with Gasteiger partial charge in [0.15, 0.2) is 0 Å². The van der Waals surface area contributed by atoms with Crippen LogP contribution in [-0.4, -0.2) is 183 Å². The van der Waals surface area contributed by atoms with Gasteiger partial charge in [-0.25, -0.2) is 4.79 Å². The minimum Gasteiger partial charge on any atom is -0.480 e. The molecule has 4 aliphatic heterocycles. The van der Waals surface area contributed by atoms with E-state index in [9.17, 15) is 58.2 Å². The van der Waals surface area contributed by atoms with Gasteiger partial charge in [0.2, 0.25) is 53.2 Å². The molecule has 9 amide bonds. The molecule has 0 bridgehead atoms. The molecule has 4 saturated heterocycles. The molecule has 0 aliphatic carbocycles. The quantitative estimate of drug-likeness (QED) is 0.0536. The Morgan fingerprint density at radius 1 is 0.726 bits per heavy atom. The van der Waals surface area contributed by atoms with E-state index in [1.54, 1.807) is 0 Å². The van der Waals surface area contributed by atoms with Crippen molar-refractivity contribution >= 4 is 70.9 Å². The Labute approximate surface area is 364 Å². The first kappa shape index (κ1) is 49.6. The molecule has 0 unspecified atom stereocenters. The number of carbonyl (C=O) groups excluding carboxylic acids is 9. The molecule has 346 valence electrons. The van der Waals surface area contributed by atoms with Crippen molar-refractivity contribution in [2.75, 3.05) is 44.7 Å². The summed E-state index contributed by atoms with van der Waals surface area (Å²) in [6.45, 7) is 3.48. The summed E-state index contributed by atoms with van der Waals surface area (Å²) in [5, 5.41) is 35.6. The maximum atomic E-state index is 13.8. The van der Waals surface area contributed by atoms with Crippen LogP contribution in [0.1, 0.15) is 84.5 Å². The van der Waals surface area contributed by atoms with Crippen molar-refractivity contribution in [2.45, 2.75) is 139 Å². The second-order valence-corrected chi connectivity index (χ2v) is 17.2. The number of carboxylic acid groups (broad SMARTS) is 1. The molecule has 23 heteroatoms. The van der Waals surface area contributed by atoms with Crippen molar-refractivity contribution in [2.24, 2.45) is 5.73 Å². The molecule has 4 heterocycles. The van der Waals surface area contributed by atoms with Crippen LogP contribution in [-0.2, 0) is 47.9 Å². The van der Waals surface area contributed by atoms with Gasteiger partial charge >= 0.3 is 5.97 Å². The number of aliphatic hydroxyl groups is 1. The van der Waals surface area contributed by atoms with E-state index >= 15 is 0 Å². The van der Waals surface area contributed by atoms with Gasteiger partial charge in [0, 0.05) is 26.1 Å². The van der Waals surface area contributed by atoms with Crippen LogP contribution in [0.3, 0.4) is 0 Å². The number of carbonyl (C=O) groups is 10. The number of nitrogens with one attached hydrogen (secondary N) is 6. The van der Waals surface area contributed by atoms with E-state index in [1.807, 2.05) is 6.26 Å². The lowest BCUT2D eigenvalue weighted by Crippen LogP contribution is -2.60. The molecule has 4 fully saturated rings. The van der Waals surface area contributed by atoms with Gasteiger partial charge < -0.3 is 62.5 Å². The lowest BCUT2D eigenvalue weighted by molar-refractivity contribution is -0.152. The Balaban J connectivity index is 1.32. The minimum atomic E-state index is -1.56. The van der Waals surface area contributed by atoms with Crippen molar-refractivity contribution in [1.29, 1.82) is 0 Å². The highest BCUT2D eigenvalue weighted by molar-refractivity contribution is 7.98. The molecular formula is C39H62N10O12S. The van der Waals surface area contributed by atoms with Gasteiger partial charge in [0.1, 0.15) is 42.3 Å². The number of likely N-dealkylation sites (tertiary alicyclic amines) is 3. The molecule has 10 N–H and O–H groups in total. The lowest BCUT2D eigenvalue weighted by atomic mass is 10.1. The molecule has 4 aliphatic rings. The number of carboxylic acids is 1. The zero-order chi connectivity index (χ0) is 45.7. The zero-order valence-corrected chi connectivity index (χ0v) is 36.3. The van der Waals surface area contributed by atoms with Crippen LogP contribution in [0.25, 0.3) is 0 Å². The van der Waals surface area contributed by atoms with Crippen molar-refractivity contribution < 1.29 is 58.2 Å². The zero-order valence-electron chi connectivity index (χ0n) is 35.5. The van der Waals surface area contributed by atoms with Gasteiger partial charge in [-0.15, -0.1) is 0 Å². The molecule has 0 aromatic heterocycles. The van der Waals surface area contributed by atoms with Gasteiger partial charge in [-0.2, -0.15) is 11.8 Å². The highest BCUT2D eigenvalue weighted by Gasteiger charge is 2.44. The summed E-state index contributed by atoms with van der Waals surface area (Å²) in [6, 6.07) is -8.40. The summed E-state index contributed by atoms with van der Waals surface area (Å²) in [5.41, 5.74) is 5.30. The number of amides is 9. The van der Waals surface area contributed by atoms with Crippen LogP contribution >= 0.6 is 11.8 Å². The Bertz CT molecular complexity index is 1700. The average molecular weight is 895 g/mol. The van der Waals surface area contributed by atoms with Crippen LogP contribution in [0.2, 0.25) is 0 Å². The minimum absolute atomic E-state index is 0.205. The summed E-state index contributed by atoms with van der Waals surface area (Å²) in [6.07, 6.45) is 4.00. The fraction of sp³-hybridized carbons (Fsp3) is 0.744. The van der Waals surface area contributed by atoms with Gasteiger partial charge in [0.05, 0.1) is 18.7 Å². The predicted molar refractivity (Wildman–Crippen MR) is 222 cm³/mol. The monoisotopic (exact) mass is 894 g/mol. The van der Waals surface area contributed by atoms with E-state index in [0.29, 0.717) is 63.8 Å². The lowest BCUT2D eigenvalue weighted by Gasteiger charge is -2.32. The third-order valence-electron chi connectivity index (χ3n) is 11.6. The van der Waals surface area contributed by atoms with Crippen LogP contribution in [0.4, 0.5) is 0 Å². The van der Waals surface area contributed by atoms with E-state index in [1.165, 1.54) is 40.3 Å². The number of rotatable bonds is 21. The first-order chi connectivity index (χ1) is 29.4. The van der Waals surface area contributed by atoms with E-state index in [0.717, 1.165) is 6.42 Å². The molecule has 0 radical (unpaired) electrons. The number of hydrogen-bond acceptors (Lipinski definition) is 13. The largest absolute Gasteiger partial charge is 0.480 e. The van der Waals surface area contributed by atoms with Gasteiger partial charge in [-0.1, -0.05) is 0 Å². The standard InChI is InChI=1S/C39H62N10O12S/c1-21(32(53)45-25(14-19-62-3)37(58)48-17-6-10-27(48)38(59)49-18-7-11-28(49)39(60)61)43-30(52)20-42-33(54)23(12-13-29(40)51)44-35(56)31(22(2)50)46-34(55)26-9-5-16-47(26)36(57)24-8-4-15-41-24/h21-28,31,41,50H,4-20H2,1-3H3,(H2,40,51)(H,42,54)(H,43,52)(H,44,56)(H,45,53)(H,46,55)(H,60,61)/t21-,22+,23-,24-,25-,26-,27-,28-,31-/m0/s1. The van der Waals surface area contributed by atoms with E-state index in [-0.39, 0.29) is 38.3 Å². The summed E-state index contributed by atoms with van der Waals surface area (Å²) < 4.78 is 0. The fourth-order valence-corrected chi connectivity index (χ4v) is 8.75. The SMILES string of the molecule is CSCC[C@H](NC(=O)[C@H](C)NC(=O)CNC(=O)[C@H](CCC(N)=O)NC(=O)[C@@H](NC(=O)[C@@H]1CCCN1C(=O)[C@@H]1CCCN1)[C@@H](C)O)C(=O)N1CCC[C@H]1C(=O)N1CCC[C@H]1C(=O)O. The molecule has 0 aromatic rings. The molecule has 22 nitrogen and oxygen atoms in total. The number of hydrogen-bond donors (Lipinski definition) is 9. The second kappa shape index (κ2) is 23.4. The first-order valence-corrected chi connectivity index (χ1v) is 22.7.